The van der Waals surface area contributed by atoms with Gasteiger partial charge in [0.2, 0.25) is 0 Å². The van der Waals surface area contributed by atoms with Gasteiger partial charge in [-0.05, 0) is 0 Å². The van der Waals surface area contributed by atoms with E-state index in [1.807, 2.05) is 0 Å². The van der Waals surface area contributed by atoms with Gasteiger partial charge in [-0.15, -0.1) is 0 Å². The predicted octanol–water partition coefficient (Wildman–Crippen LogP) is 1.53. The van der Waals surface area contributed by atoms with E-state index in [2.05, 4.69) is 19.6 Å². The fourth-order valence-corrected chi connectivity index (χ4v) is 9.92. The van der Waals surface area contributed by atoms with E-state index in [9.17, 15) is 19.2 Å². The van der Waals surface area contributed by atoms with E-state index in [0.29, 0.717) is 0 Å². The van der Waals surface area contributed by atoms with Crippen LogP contribution in [-0.4, -0.2) is 82.9 Å². The fourth-order valence-electron chi connectivity index (χ4n) is 2.80. The second-order valence-electron chi connectivity index (χ2n) is 8.25. The van der Waals surface area contributed by atoms with Crippen molar-refractivity contribution >= 4 is 46.9 Å². The van der Waals surface area contributed by atoms with E-state index in [4.69, 9.17) is 23.7 Å². The second-order valence-corrected chi connectivity index (χ2v) is 16.4. The van der Waals surface area contributed by atoms with Crippen molar-refractivity contribution in [1.82, 2.24) is 0 Å². The fraction of sp³-hybridized carbons (Fsp3) is 0.789. The van der Waals surface area contributed by atoms with Crippen molar-refractivity contribution in [3.05, 3.63) is 0 Å². The molecule has 1 fully saturated rings. The van der Waals surface area contributed by atoms with Crippen LogP contribution in [0.15, 0.2) is 0 Å². The van der Waals surface area contributed by atoms with Crippen LogP contribution in [0.1, 0.15) is 27.7 Å². The van der Waals surface area contributed by atoms with Gasteiger partial charge in [0.15, 0.2) is 0 Å². The van der Waals surface area contributed by atoms with E-state index in [1.54, 1.807) is 0 Å². The van der Waals surface area contributed by atoms with Crippen LogP contribution < -0.4 is 0 Å². The SMILES string of the molecule is CC(=O)OC[C@H]1O[C@@H]([Se]CC[Si](C)(C)C)[C@H](OC(C)=O)[C@@H](OC(C)=O)[C@H]1OC(C)=O. The number of hydrogen-bond acceptors (Lipinski definition) is 9. The van der Waals surface area contributed by atoms with Crippen LogP contribution in [0.2, 0.25) is 31.0 Å². The molecule has 0 aromatic rings. The summed E-state index contributed by atoms with van der Waals surface area (Å²) < 4.78 is 27.5. The van der Waals surface area contributed by atoms with Gasteiger partial charge in [0, 0.05) is 0 Å². The molecule has 1 rings (SSSR count). The van der Waals surface area contributed by atoms with Crippen LogP contribution >= 0.6 is 0 Å². The van der Waals surface area contributed by atoms with Crippen molar-refractivity contribution in [2.75, 3.05) is 6.61 Å². The van der Waals surface area contributed by atoms with Crippen molar-refractivity contribution in [2.24, 2.45) is 0 Å². The minimum absolute atomic E-state index is 0.117. The third-order valence-electron chi connectivity index (χ3n) is 4.08. The van der Waals surface area contributed by atoms with Gasteiger partial charge in [-0.1, -0.05) is 0 Å². The minimum atomic E-state index is -1.29. The average molecular weight is 512 g/mol. The van der Waals surface area contributed by atoms with Gasteiger partial charge in [-0.2, -0.15) is 0 Å². The van der Waals surface area contributed by atoms with E-state index < -0.39 is 61.4 Å². The molecule has 1 heterocycles. The maximum absolute atomic E-state index is 11.8. The normalized spacial score (nSPS) is 26.4. The van der Waals surface area contributed by atoms with Gasteiger partial charge in [-0.25, -0.2) is 0 Å². The molecule has 0 bridgehead atoms. The van der Waals surface area contributed by atoms with E-state index in [-0.39, 0.29) is 21.6 Å². The number of carbonyl (C=O) groups excluding carboxylic acids is 4. The van der Waals surface area contributed by atoms with Crippen molar-refractivity contribution < 1.29 is 42.9 Å². The quantitative estimate of drug-likeness (QED) is 0.258. The van der Waals surface area contributed by atoms with Crippen LogP contribution in [0.25, 0.3) is 0 Å². The van der Waals surface area contributed by atoms with Crippen molar-refractivity contribution in [1.29, 1.82) is 0 Å². The van der Waals surface area contributed by atoms with E-state index in [1.165, 1.54) is 27.7 Å². The van der Waals surface area contributed by atoms with Gasteiger partial charge in [0.25, 0.3) is 0 Å². The van der Waals surface area contributed by atoms with Crippen LogP contribution in [0.5, 0.6) is 0 Å². The molecule has 0 aliphatic carbocycles. The Morgan fingerprint density at radius 2 is 1.30 bits per heavy atom. The maximum atomic E-state index is 11.8. The zero-order chi connectivity index (χ0) is 23.1. The Morgan fingerprint density at radius 3 is 1.77 bits per heavy atom. The molecular formula is C19H32O9SeSi. The number of esters is 4. The molecule has 0 unspecified atom stereocenters. The number of ether oxygens (including phenoxy) is 5. The Balaban J connectivity index is 3.22. The summed E-state index contributed by atoms with van der Waals surface area (Å²) >= 11 is -0.117. The summed E-state index contributed by atoms with van der Waals surface area (Å²) in [5.74, 6) is -2.33. The average Bonchev–Trinajstić information content (AvgIpc) is 2.55. The third-order valence-corrected chi connectivity index (χ3v) is 9.05. The molecule has 1 saturated heterocycles. The van der Waals surface area contributed by atoms with Crippen LogP contribution in [-0.2, 0) is 42.9 Å². The number of carbonyl (C=O) groups is 4. The molecular weight excluding hydrogens is 479 g/mol. The Bertz CT molecular complexity index is 634. The Kier molecular flexibility index (Phi) is 10.5. The Morgan fingerprint density at radius 1 is 0.800 bits per heavy atom. The monoisotopic (exact) mass is 512 g/mol. The van der Waals surface area contributed by atoms with Crippen molar-refractivity contribution in [2.45, 2.75) is 88.1 Å². The van der Waals surface area contributed by atoms with Gasteiger partial charge < -0.3 is 0 Å². The predicted molar refractivity (Wildman–Crippen MR) is 111 cm³/mol. The summed E-state index contributed by atoms with van der Waals surface area (Å²) in [7, 11) is -1.29. The topological polar surface area (TPSA) is 114 Å². The molecule has 1 aliphatic heterocycles. The summed E-state index contributed by atoms with van der Waals surface area (Å²) in [6, 6.07) is 1.06. The van der Waals surface area contributed by atoms with Crippen LogP contribution in [0, 0.1) is 0 Å². The molecule has 0 spiro atoms. The standard InChI is InChI=1S/C19H32O9SeSi/c1-11(20)24-10-15-16(25-12(2)21)17(26-13(3)22)18(27-14(4)23)19(28-15)29-8-9-30(5,6)7/h15-19H,8-10H2,1-7H3/t15-,16+,17+,18-,19+/m1/s1. The summed E-state index contributed by atoms with van der Waals surface area (Å²) in [5.41, 5.74) is 0. The molecule has 30 heavy (non-hydrogen) atoms. The van der Waals surface area contributed by atoms with Crippen molar-refractivity contribution in [3.8, 4) is 0 Å². The zero-order valence-corrected chi connectivity index (χ0v) is 21.3. The third kappa shape index (κ3) is 9.59. The van der Waals surface area contributed by atoms with Crippen molar-refractivity contribution in [3.63, 3.8) is 0 Å². The van der Waals surface area contributed by atoms with E-state index >= 15 is 0 Å². The Labute approximate surface area is 184 Å². The van der Waals surface area contributed by atoms with Gasteiger partial charge in [-0.3, -0.25) is 0 Å². The molecule has 0 radical (unpaired) electrons. The first-order chi connectivity index (χ1) is 13.8. The molecule has 0 aromatic carbocycles. The molecule has 0 saturated carbocycles. The first kappa shape index (κ1) is 26.6. The van der Waals surface area contributed by atoms with Crippen LogP contribution in [0.4, 0.5) is 0 Å². The zero-order valence-electron chi connectivity index (χ0n) is 18.6. The van der Waals surface area contributed by atoms with Gasteiger partial charge in [0.1, 0.15) is 0 Å². The number of rotatable bonds is 9. The van der Waals surface area contributed by atoms with Crippen LogP contribution in [0.3, 0.4) is 0 Å². The molecule has 0 aromatic heterocycles. The molecule has 5 atom stereocenters. The summed E-state index contributed by atoms with van der Waals surface area (Å²) in [6.07, 6.45) is -3.93. The molecule has 172 valence electrons. The molecule has 11 heteroatoms. The Hall–Kier alpha value is -1.42. The first-order valence-electron chi connectivity index (χ1n) is 9.72. The molecule has 0 N–H and O–H groups in total. The molecule has 0 amide bonds. The van der Waals surface area contributed by atoms with Gasteiger partial charge in [0.05, 0.1) is 0 Å². The molecule has 9 nitrogen and oxygen atoms in total. The number of hydrogen-bond donors (Lipinski definition) is 0. The van der Waals surface area contributed by atoms with E-state index in [0.717, 1.165) is 11.4 Å². The summed E-state index contributed by atoms with van der Waals surface area (Å²) in [5, 5.41) is 0.339. The first-order valence-corrected chi connectivity index (χ1v) is 15.6. The summed E-state index contributed by atoms with van der Waals surface area (Å²) in [6.45, 7) is 11.5. The summed E-state index contributed by atoms with van der Waals surface area (Å²) in [4.78, 5) is 46.6. The van der Waals surface area contributed by atoms with Gasteiger partial charge >= 0.3 is 184 Å². The second kappa shape index (κ2) is 11.8. The molecule has 1 aliphatic rings.